The topological polar surface area (TPSA) is 12.9 Å². The number of aromatic nitrogens is 1. The summed E-state index contributed by atoms with van der Waals surface area (Å²) in [5, 5.41) is 0.207. The summed E-state index contributed by atoms with van der Waals surface area (Å²) in [4.78, 5) is 4.42. The van der Waals surface area contributed by atoms with E-state index in [4.69, 9.17) is 0 Å². The zero-order valence-electron chi connectivity index (χ0n) is 11.2. The van der Waals surface area contributed by atoms with Crippen molar-refractivity contribution in [2.45, 2.75) is 13.8 Å². The minimum absolute atomic E-state index is 0.207. The van der Waals surface area contributed by atoms with Gasteiger partial charge < -0.3 is 0 Å². The molecule has 0 saturated heterocycles. The normalized spacial score (nSPS) is 11.0. The molecule has 2 aromatic carbocycles. The Morgan fingerprint density at radius 3 is 2.25 bits per heavy atom. The van der Waals surface area contributed by atoms with Gasteiger partial charge in [0.05, 0.1) is 11.2 Å². The van der Waals surface area contributed by atoms with Crippen molar-refractivity contribution in [3.8, 4) is 11.3 Å². The molecule has 0 aliphatic rings. The average molecular weight is 269 g/mol. The Kier molecular flexibility index (Phi) is 2.97. The lowest BCUT2D eigenvalue weighted by atomic mass is 10.0. The first-order valence-corrected chi connectivity index (χ1v) is 6.37. The first-order valence-electron chi connectivity index (χ1n) is 6.37. The molecule has 0 bridgehead atoms. The first-order chi connectivity index (χ1) is 9.52. The maximum atomic E-state index is 14.1. The van der Waals surface area contributed by atoms with Crippen molar-refractivity contribution in [2.75, 3.05) is 0 Å². The molecular weight excluding hydrogens is 256 g/mol. The number of benzene rings is 2. The van der Waals surface area contributed by atoms with Crippen LogP contribution in [0.2, 0.25) is 0 Å². The van der Waals surface area contributed by atoms with Gasteiger partial charge in [0, 0.05) is 17.0 Å². The minimum atomic E-state index is -0.461. The molecule has 0 amide bonds. The molecule has 0 aliphatic carbocycles. The van der Waals surface area contributed by atoms with Crippen molar-refractivity contribution in [3.05, 3.63) is 65.2 Å². The van der Waals surface area contributed by atoms with E-state index in [0.717, 1.165) is 16.7 Å². The highest BCUT2D eigenvalue weighted by Crippen LogP contribution is 2.25. The van der Waals surface area contributed by atoms with Gasteiger partial charge in [-0.1, -0.05) is 17.2 Å². The quantitative estimate of drug-likeness (QED) is 0.618. The monoisotopic (exact) mass is 269 g/mol. The predicted octanol–water partition coefficient (Wildman–Crippen LogP) is 4.80. The molecule has 1 nitrogen and oxygen atoms in total. The highest BCUT2D eigenvalue weighted by atomic mass is 19.1. The van der Waals surface area contributed by atoms with Gasteiger partial charge >= 0.3 is 0 Å². The third-order valence-corrected chi connectivity index (χ3v) is 3.24. The van der Waals surface area contributed by atoms with E-state index in [1.807, 2.05) is 26.0 Å². The molecule has 0 aliphatic heterocycles. The molecule has 0 unspecified atom stereocenters. The number of hydrogen-bond acceptors (Lipinski definition) is 1. The van der Waals surface area contributed by atoms with Gasteiger partial charge in [-0.2, -0.15) is 0 Å². The Morgan fingerprint density at radius 2 is 1.55 bits per heavy atom. The van der Waals surface area contributed by atoms with E-state index in [1.165, 1.54) is 24.3 Å². The Morgan fingerprint density at radius 1 is 0.850 bits per heavy atom. The van der Waals surface area contributed by atoms with Crippen LogP contribution in [0.25, 0.3) is 22.2 Å². The molecule has 0 fully saturated rings. The summed E-state index contributed by atoms with van der Waals surface area (Å²) in [5.74, 6) is -0.916. The molecule has 0 N–H and O–H groups in total. The second-order valence-corrected chi connectivity index (χ2v) is 5.03. The van der Waals surface area contributed by atoms with E-state index in [0.29, 0.717) is 11.2 Å². The molecule has 1 heterocycles. The van der Waals surface area contributed by atoms with Crippen LogP contribution in [-0.2, 0) is 0 Å². The van der Waals surface area contributed by atoms with Gasteiger partial charge in [-0.15, -0.1) is 0 Å². The maximum Gasteiger partial charge on any atom is 0.134 e. The average Bonchev–Trinajstić information content (AvgIpc) is 2.38. The van der Waals surface area contributed by atoms with Crippen LogP contribution in [0.4, 0.5) is 8.78 Å². The number of nitrogens with zero attached hydrogens (tertiary/aromatic N) is 1. The summed E-state index contributed by atoms with van der Waals surface area (Å²) in [6, 6.07) is 11.3. The van der Waals surface area contributed by atoms with Crippen LogP contribution in [-0.4, -0.2) is 4.98 Å². The van der Waals surface area contributed by atoms with Crippen molar-refractivity contribution >= 4 is 10.9 Å². The van der Waals surface area contributed by atoms with Crippen molar-refractivity contribution in [2.24, 2.45) is 0 Å². The SMILES string of the molecule is Cc1cc(C)cc(-c2cc(F)c3cc(F)ccc3n2)c1. The summed E-state index contributed by atoms with van der Waals surface area (Å²) in [5.41, 5.74) is 4.09. The van der Waals surface area contributed by atoms with Gasteiger partial charge in [0.15, 0.2) is 0 Å². The van der Waals surface area contributed by atoms with Crippen LogP contribution in [0.3, 0.4) is 0 Å². The summed E-state index contributed by atoms with van der Waals surface area (Å²) in [6.45, 7) is 3.98. The summed E-state index contributed by atoms with van der Waals surface area (Å²) in [7, 11) is 0. The van der Waals surface area contributed by atoms with Gasteiger partial charge in [0.25, 0.3) is 0 Å². The highest BCUT2D eigenvalue weighted by Gasteiger charge is 2.09. The van der Waals surface area contributed by atoms with Gasteiger partial charge in [0.2, 0.25) is 0 Å². The second-order valence-electron chi connectivity index (χ2n) is 5.03. The largest absolute Gasteiger partial charge is 0.248 e. The fourth-order valence-corrected chi connectivity index (χ4v) is 2.43. The van der Waals surface area contributed by atoms with Gasteiger partial charge in [-0.3, -0.25) is 0 Å². The zero-order chi connectivity index (χ0) is 14.3. The van der Waals surface area contributed by atoms with E-state index >= 15 is 0 Å². The molecule has 1 aromatic heterocycles. The third-order valence-electron chi connectivity index (χ3n) is 3.24. The molecular formula is C17H13F2N. The van der Waals surface area contributed by atoms with E-state index in [1.54, 1.807) is 0 Å². The van der Waals surface area contributed by atoms with Gasteiger partial charge in [-0.25, -0.2) is 13.8 Å². The smallest absolute Gasteiger partial charge is 0.134 e. The van der Waals surface area contributed by atoms with Gasteiger partial charge in [-0.05, 0) is 44.2 Å². The van der Waals surface area contributed by atoms with E-state index < -0.39 is 11.6 Å². The van der Waals surface area contributed by atoms with Crippen LogP contribution >= 0.6 is 0 Å². The maximum absolute atomic E-state index is 14.1. The molecule has 0 saturated carbocycles. The standard InChI is InChI=1S/C17H13F2N/c1-10-5-11(2)7-12(6-10)17-9-15(19)14-8-13(18)3-4-16(14)20-17/h3-9H,1-2H3. The number of fused-ring (bicyclic) bond motifs is 1. The van der Waals surface area contributed by atoms with Crippen LogP contribution in [0.5, 0.6) is 0 Å². The lowest BCUT2D eigenvalue weighted by Crippen LogP contribution is -1.91. The molecule has 3 aromatic rings. The number of pyridine rings is 1. The highest BCUT2D eigenvalue weighted by molar-refractivity contribution is 5.82. The number of halogens is 2. The van der Waals surface area contributed by atoms with Crippen molar-refractivity contribution in [3.63, 3.8) is 0 Å². The van der Waals surface area contributed by atoms with Gasteiger partial charge in [0.1, 0.15) is 11.6 Å². The Hall–Kier alpha value is -2.29. The molecule has 0 atom stereocenters. The van der Waals surface area contributed by atoms with Crippen molar-refractivity contribution in [1.82, 2.24) is 4.98 Å². The van der Waals surface area contributed by atoms with E-state index in [-0.39, 0.29) is 5.39 Å². The predicted molar refractivity (Wildman–Crippen MR) is 76.6 cm³/mol. The summed E-state index contributed by atoms with van der Waals surface area (Å²) in [6.07, 6.45) is 0. The van der Waals surface area contributed by atoms with Crippen LogP contribution < -0.4 is 0 Å². The molecule has 3 rings (SSSR count). The zero-order valence-corrected chi connectivity index (χ0v) is 11.2. The second kappa shape index (κ2) is 4.67. The number of rotatable bonds is 1. The molecule has 20 heavy (non-hydrogen) atoms. The Labute approximate surface area is 115 Å². The summed E-state index contributed by atoms with van der Waals surface area (Å²) < 4.78 is 27.3. The number of aryl methyl sites for hydroxylation is 2. The lowest BCUT2D eigenvalue weighted by molar-refractivity contribution is 0.621. The molecule has 0 spiro atoms. The van der Waals surface area contributed by atoms with Crippen molar-refractivity contribution in [1.29, 1.82) is 0 Å². The number of hydrogen-bond donors (Lipinski definition) is 0. The first kappa shape index (κ1) is 12.7. The Balaban J connectivity index is 2.24. The molecule has 100 valence electrons. The fourth-order valence-electron chi connectivity index (χ4n) is 2.43. The lowest BCUT2D eigenvalue weighted by Gasteiger charge is -2.07. The van der Waals surface area contributed by atoms with E-state index in [2.05, 4.69) is 11.1 Å². The van der Waals surface area contributed by atoms with Crippen molar-refractivity contribution < 1.29 is 8.78 Å². The van der Waals surface area contributed by atoms with E-state index in [9.17, 15) is 8.78 Å². The third kappa shape index (κ3) is 2.27. The summed E-state index contributed by atoms with van der Waals surface area (Å²) >= 11 is 0. The molecule has 3 heteroatoms. The molecule has 0 radical (unpaired) electrons. The van der Waals surface area contributed by atoms with Crippen LogP contribution in [0.1, 0.15) is 11.1 Å². The fraction of sp³-hybridized carbons (Fsp3) is 0.118. The van der Waals surface area contributed by atoms with Crippen LogP contribution in [0.15, 0.2) is 42.5 Å². The van der Waals surface area contributed by atoms with Crippen LogP contribution in [0, 0.1) is 25.5 Å². The Bertz CT molecular complexity index is 789. The minimum Gasteiger partial charge on any atom is -0.248 e.